The molecule has 24 heteroatoms. The summed E-state index contributed by atoms with van der Waals surface area (Å²) >= 11 is 9.31. The van der Waals surface area contributed by atoms with E-state index in [2.05, 4.69) is 121 Å². The average molecular weight is 1260 g/mol. The van der Waals surface area contributed by atoms with Gasteiger partial charge in [0.15, 0.2) is 29.1 Å². The van der Waals surface area contributed by atoms with Gasteiger partial charge < -0.3 is 45.1 Å². The van der Waals surface area contributed by atoms with Gasteiger partial charge in [0.05, 0.1) is 93.8 Å². The lowest BCUT2D eigenvalue weighted by Gasteiger charge is -2.28. The summed E-state index contributed by atoms with van der Waals surface area (Å²) in [6.07, 6.45) is 9.71. The smallest absolute Gasteiger partial charge is 0.369 e. The molecule has 0 bridgehead atoms. The Labute approximate surface area is 481 Å². The largest absolute Gasteiger partial charge is 0.508 e. The zero-order valence-corrected chi connectivity index (χ0v) is 47.5. The molecular weight excluding hydrogens is 1210 g/mol. The first-order valence-corrected chi connectivity index (χ1v) is 27.5. The van der Waals surface area contributed by atoms with Crippen molar-refractivity contribution in [3.05, 3.63) is 186 Å². The summed E-state index contributed by atoms with van der Waals surface area (Å²) in [5, 5.41) is 23.9. The van der Waals surface area contributed by atoms with E-state index in [1.807, 2.05) is 107 Å². The third kappa shape index (κ3) is 18.8. The first kappa shape index (κ1) is 57.5. The molecule has 0 aliphatic carbocycles. The normalized spacial score (nSPS) is 13.2. The van der Waals surface area contributed by atoms with Gasteiger partial charge in [0.25, 0.3) is 0 Å². The van der Waals surface area contributed by atoms with E-state index in [4.69, 9.17) is 14.2 Å². The predicted octanol–water partition coefficient (Wildman–Crippen LogP) is 11.5. The number of phenolic OH excluding ortho intramolecular Hbond substituents is 1. The van der Waals surface area contributed by atoms with Gasteiger partial charge >= 0.3 is 3.18 Å². The van der Waals surface area contributed by atoms with Gasteiger partial charge in [0.1, 0.15) is 11.5 Å². The first-order valence-electron chi connectivity index (χ1n) is 24.8. The highest BCUT2D eigenvalue weighted by atomic mass is 79.9. The fourth-order valence-electron chi connectivity index (χ4n) is 7.90. The third-order valence-electron chi connectivity index (χ3n) is 11.6. The number of phenols is 1. The number of halogens is 5. The molecule has 4 aromatic heterocycles. The number of benzene rings is 4. The number of nitrogens with zero attached hydrogens (tertiary/aromatic N) is 10. The van der Waals surface area contributed by atoms with Gasteiger partial charge in [0.2, 0.25) is 5.95 Å². The van der Waals surface area contributed by atoms with Gasteiger partial charge in [-0.05, 0) is 96.4 Å². The van der Waals surface area contributed by atoms with Gasteiger partial charge in [-0.15, -0.1) is 47.3 Å². The number of nitrogens with one attached hydrogen (secondary N) is 4. The molecule has 18 nitrogen and oxygen atoms in total. The van der Waals surface area contributed by atoms with Crippen molar-refractivity contribution in [3.8, 4) is 11.5 Å². The van der Waals surface area contributed by atoms with Crippen molar-refractivity contribution >= 4 is 115 Å². The number of pyridine rings is 2. The molecule has 406 valence electrons. The molecule has 10 rings (SSSR count). The van der Waals surface area contributed by atoms with Crippen LogP contribution in [0.4, 0.5) is 60.5 Å². The standard InChI is InChI=1S/C28H28FN7O2.C27H26FN7O2.BBr3/c1-37-25-7-3-6-22(15-25)33-20-4-2-5-21(14-20)34-24-9-8-23(31-17-24)16-30-19-27-32-18-26(29)28(35-27)36-10-12-38-13-11-36;28-25-18-30-27(33-26(25)35-9-11-37-12-10-35)34-31-17-22-7-8-23(16-29-22)32-21-5-1-3-19(14-21)13-20-4-2-6-24(36)15-20;2-1(3)4/h2-9,14-18,33-34H,10-13,19H2,1H3;1-8,14-18,32,36H,9-13H2,(H,30,33,34);/b;31-17+;. The molecule has 2 aliphatic rings. The van der Waals surface area contributed by atoms with E-state index in [0.29, 0.717) is 75.6 Å². The predicted molar refractivity (Wildman–Crippen MR) is 320 cm³/mol. The van der Waals surface area contributed by atoms with E-state index in [1.54, 1.807) is 44.1 Å². The zero-order chi connectivity index (χ0) is 55.2. The molecule has 2 aliphatic heterocycles. The number of ether oxygens (including phenoxy) is 3. The van der Waals surface area contributed by atoms with Crippen LogP contribution in [0.5, 0.6) is 11.5 Å². The average Bonchev–Trinajstić information content (AvgIpc) is 3.46. The van der Waals surface area contributed by atoms with Gasteiger partial charge in [-0.2, -0.15) is 10.1 Å². The number of aliphatic imine (C=N–C) groups is 1. The maximum Gasteiger partial charge on any atom is 0.369 e. The summed E-state index contributed by atoms with van der Waals surface area (Å²) in [7, 11) is 1.65. The maximum atomic E-state index is 14.2. The number of aromatic nitrogens is 6. The van der Waals surface area contributed by atoms with Gasteiger partial charge in [0, 0.05) is 61.2 Å². The molecule has 2 fully saturated rings. The van der Waals surface area contributed by atoms with Crippen LogP contribution in [0.3, 0.4) is 0 Å². The van der Waals surface area contributed by atoms with Crippen LogP contribution in [-0.4, -0.2) is 110 Å². The highest BCUT2D eigenvalue weighted by molar-refractivity contribution is 9.69. The van der Waals surface area contributed by atoms with E-state index in [-0.39, 0.29) is 27.2 Å². The van der Waals surface area contributed by atoms with Crippen molar-refractivity contribution < 1.29 is 28.1 Å². The minimum atomic E-state index is -0.480. The first-order chi connectivity index (χ1) is 38.5. The van der Waals surface area contributed by atoms with Crippen molar-refractivity contribution in [1.29, 1.82) is 0 Å². The van der Waals surface area contributed by atoms with E-state index in [1.165, 1.54) is 6.20 Å². The van der Waals surface area contributed by atoms with Crippen molar-refractivity contribution in [2.75, 3.05) is 90.9 Å². The molecule has 5 N–H and O–H groups in total. The molecule has 0 saturated carbocycles. The second-order valence-corrected chi connectivity index (χ2v) is 23.7. The van der Waals surface area contributed by atoms with Gasteiger partial charge in [-0.25, -0.2) is 29.2 Å². The summed E-state index contributed by atoms with van der Waals surface area (Å²) < 4.78 is 44.6. The van der Waals surface area contributed by atoms with Crippen LogP contribution in [0, 0.1) is 11.6 Å². The van der Waals surface area contributed by atoms with E-state index in [0.717, 1.165) is 63.6 Å². The van der Waals surface area contributed by atoms with E-state index >= 15 is 0 Å². The number of aromatic hydroxyl groups is 1. The Morgan fingerprint density at radius 1 is 0.608 bits per heavy atom. The number of rotatable bonds is 17. The summed E-state index contributed by atoms with van der Waals surface area (Å²) in [6, 6.07) is 38.6. The maximum absolute atomic E-state index is 14.2. The van der Waals surface area contributed by atoms with E-state index < -0.39 is 11.6 Å². The SMILES string of the molecule is BrB(Br)Br.COc1cccc(Nc2cccc(Nc3ccc(C=NCc4ncc(F)c(N5CCOCC5)n4)nc3)c2)c1.Oc1cccc(Cc2cccc(Nc3ccc(/C=N/Nc4ncc(F)c(N5CCOCC5)n4)nc3)c2)c1. The number of morpholine rings is 2. The summed E-state index contributed by atoms with van der Waals surface area (Å²) in [6.45, 7) is 4.75. The summed E-state index contributed by atoms with van der Waals surface area (Å²) in [5.74, 6) is 1.31. The van der Waals surface area contributed by atoms with Crippen LogP contribution in [0.25, 0.3) is 0 Å². The number of methoxy groups -OCH3 is 1. The monoisotopic (exact) mass is 1260 g/mol. The quantitative estimate of drug-likeness (QED) is 0.0327. The van der Waals surface area contributed by atoms with Gasteiger partial charge in [-0.1, -0.05) is 36.4 Å². The van der Waals surface area contributed by atoms with Crippen LogP contribution in [-0.2, 0) is 22.4 Å². The fraction of sp³-hybridized carbons (Fsp3) is 0.200. The Morgan fingerprint density at radius 2 is 1.13 bits per heavy atom. The molecule has 0 unspecified atom stereocenters. The molecule has 79 heavy (non-hydrogen) atoms. The van der Waals surface area contributed by atoms with Crippen LogP contribution in [0.2, 0.25) is 0 Å². The van der Waals surface area contributed by atoms with Crippen molar-refractivity contribution in [2.24, 2.45) is 10.1 Å². The highest BCUT2D eigenvalue weighted by Crippen LogP contribution is 2.26. The second kappa shape index (κ2) is 29.9. The fourth-order valence-corrected chi connectivity index (χ4v) is 7.90. The lowest BCUT2D eigenvalue weighted by Crippen LogP contribution is -2.37. The Bertz CT molecular complexity index is 3270. The van der Waals surface area contributed by atoms with Crippen LogP contribution in [0.15, 0.2) is 156 Å². The molecule has 0 spiro atoms. The molecule has 8 aromatic rings. The number of hydrogen-bond donors (Lipinski definition) is 5. The zero-order valence-electron chi connectivity index (χ0n) is 42.7. The molecule has 2 saturated heterocycles. The Morgan fingerprint density at radius 3 is 1.72 bits per heavy atom. The Hall–Kier alpha value is -7.64. The highest BCUT2D eigenvalue weighted by Gasteiger charge is 2.19. The topological polar surface area (TPSA) is 205 Å². The Kier molecular flexibility index (Phi) is 21.8. The van der Waals surface area contributed by atoms with Gasteiger partial charge in [-0.3, -0.25) is 15.0 Å². The number of hydrazone groups is 1. The number of anilines is 9. The van der Waals surface area contributed by atoms with Crippen LogP contribution in [0.1, 0.15) is 28.3 Å². The molecular formula is C55H54BBr3F2N14O4. The van der Waals surface area contributed by atoms with Crippen LogP contribution >= 0.6 is 47.3 Å². The van der Waals surface area contributed by atoms with Crippen molar-refractivity contribution in [2.45, 2.75) is 13.0 Å². The minimum absolute atomic E-state index is 0.197. The second-order valence-electron chi connectivity index (χ2n) is 17.3. The molecule has 0 atom stereocenters. The molecule has 4 aromatic carbocycles. The minimum Gasteiger partial charge on any atom is -0.508 e. The molecule has 0 radical (unpaired) electrons. The van der Waals surface area contributed by atoms with Crippen LogP contribution < -0.4 is 35.9 Å². The lowest BCUT2D eigenvalue weighted by atomic mass is 10.0. The van der Waals surface area contributed by atoms with Crippen molar-refractivity contribution in [1.82, 2.24) is 29.9 Å². The third-order valence-corrected chi connectivity index (χ3v) is 11.6. The molecule has 0 amide bonds. The van der Waals surface area contributed by atoms with Crippen molar-refractivity contribution in [3.63, 3.8) is 0 Å². The Balaban J connectivity index is 0.000000195. The molecule has 6 heterocycles. The summed E-state index contributed by atoms with van der Waals surface area (Å²) in [5.41, 5.74) is 11.6. The summed E-state index contributed by atoms with van der Waals surface area (Å²) in [4.78, 5) is 33.6. The lowest BCUT2D eigenvalue weighted by molar-refractivity contribution is 0.122. The van der Waals surface area contributed by atoms with E-state index in [9.17, 15) is 13.9 Å². The number of hydrogen-bond acceptors (Lipinski definition) is 18.